The van der Waals surface area contributed by atoms with Crippen molar-refractivity contribution in [1.29, 1.82) is 0 Å². The number of esters is 1. The normalized spacial score (nSPS) is 18.1. The number of fused-ring (bicyclic) bond motifs is 1. The molecule has 0 aromatic heterocycles. The van der Waals surface area contributed by atoms with E-state index >= 15 is 0 Å². The lowest BCUT2D eigenvalue weighted by atomic mass is 9.81. The van der Waals surface area contributed by atoms with E-state index in [2.05, 4.69) is 11.5 Å². The number of hydrogen-bond donors (Lipinski definition) is 0. The summed E-state index contributed by atoms with van der Waals surface area (Å²) in [5.41, 5.74) is 2.77. The topological polar surface area (TPSA) is 38.8 Å². The summed E-state index contributed by atoms with van der Waals surface area (Å²) in [6.45, 7) is 5.06. The van der Waals surface area contributed by atoms with Gasteiger partial charge in [0.15, 0.2) is 0 Å². The Morgan fingerprint density at radius 2 is 2.04 bits per heavy atom. The second-order valence-corrected chi connectivity index (χ2v) is 7.29. The molecule has 4 nitrogen and oxygen atoms in total. The fourth-order valence-corrected chi connectivity index (χ4v) is 3.68. The van der Waals surface area contributed by atoms with Crippen molar-refractivity contribution in [2.24, 2.45) is 0 Å². The highest BCUT2D eigenvalue weighted by Gasteiger charge is 2.41. The zero-order valence-corrected chi connectivity index (χ0v) is 16.4. The molecule has 0 fully saturated rings. The van der Waals surface area contributed by atoms with E-state index in [1.807, 2.05) is 26.2 Å². The molecule has 1 aliphatic rings. The molecule has 2 aromatic carbocycles. The molecule has 0 N–H and O–H groups in total. The maximum atomic E-state index is 13.5. The van der Waals surface area contributed by atoms with Crippen molar-refractivity contribution in [3.05, 3.63) is 83.2 Å². The van der Waals surface area contributed by atoms with E-state index in [1.165, 1.54) is 12.1 Å². The molecule has 0 spiro atoms. The van der Waals surface area contributed by atoms with E-state index in [0.29, 0.717) is 12.2 Å². The molecule has 2 aromatic rings. The SMILES string of the molecule is C=CCOC(=O)c1ccc2c(c1)CO[C@@]2(CCCN(C)C)c1ccc(F)cc1. The van der Waals surface area contributed by atoms with E-state index in [-0.39, 0.29) is 18.4 Å². The molecule has 0 saturated heterocycles. The molecule has 0 amide bonds. The minimum absolute atomic E-state index is 0.177. The van der Waals surface area contributed by atoms with Crippen molar-refractivity contribution in [3.63, 3.8) is 0 Å². The molecule has 0 aliphatic carbocycles. The van der Waals surface area contributed by atoms with Crippen LogP contribution in [0.2, 0.25) is 0 Å². The summed E-state index contributed by atoms with van der Waals surface area (Å²) >= 11 is 0. The Kier molecular flexibility index (Phi) is 6.27. The van der Waals surface area contributed by atoms with Crippen LogP contribution in [-0.4, -0.2) is 38.1 Å². The number of rotatable bonds is 8. The van der Waals surface area contributed by atoms with Gasteiger partial charge in [-0.2, -0.15) is 0 Å². The van der Waals surface area contributed by atoms with Crippen LogP contribution < -0.4 is 0 Å². The zero-order valence-electron chi connectivity index (χ0n) is 16.4. The van der Waals surface area contributed by atoms with Crippen LogP contribution in [0.3, 0.4) is 0 Å². The van der Waals surface area contributed by atoms with Crippen molar-refractivity contribution >= 4 is 5.97 Å². The van der Waals surface area contributed by atoms with Gasteiger partial charge in [-0.1, -0.05) is 30.9 Å². The van der Waals surface area contributed by atoms with Gasteiger partial charge in [-0.3, -0.25) is 0 Å². The summed E-state index contributed by atoms with van der Waals surface area (Å²) in [4.78, 5) is 14.3. The predicted molar refractivity (Wildman–Crippen MR) is 107 cm³/mol. The maximum Gasteiger partial charge on any atom is 0.338 e. The quantitative estimate of drug-likeness (QED) is 0.504. The standard InChI is InChI=1S/C23H26FNO3/c1-4-14-27-22(26)17-6-11-21-18(15-17)16-28-23(21,12-5-13-25(2)3)19-7-9-20(24)10-8-19/h4,6-11,15H,1,5,12-14,16H2,2-3H3/t23-/m0/s1. The van der Waals surface area contributed by atoms with E-state index in [4.69, 9.17) is 9.47 Å². The first-order valence-electron chi connectivity index (χ1n) is 9.42. The van der Waals surface area contributed by atoms with Gasteiger partial charge in [0.2, 0.25) is 0 Å². The second kappa shape index (κ2) is 8.67. The first kappa shape index (κ1) is 20.2. The number of carbonyl (C=O) groups excluding carboxylic acids is 1. The fraction of sp³-hybridized carbons (Fsp3) is 0.348. The van der Waals surface area contributed by atoms with Gasteiger partial charge in [0.05, 0.1) is 12.2 Å². The molecule has 1 heterocycles. The van der Waals surface area contributed by atoms with Gasteiger partial charge in [0.1, 0.15) is 18.0 Å². The number of nitrogens with zero attached hydrogens (tertiary/aromatic N) is 1. The number of hydrogen-bond acceptors (Lipinski definition) is 4. The molecular weight excluding hydrogens is 357 g/mol. The Labute approximate surface area is 165 Å². The zero-order chi connectivity index (χ0) is 20.1. The third-order valence-corrected chi connectivity index (χ3v) is 5.03. The van der Waals surface area contributed by atoms with Gasteiger partial charge >= 0.3 is 5.97 Å². The Bertz CT molecular complexity index is 847. The highest BCUT2D eigenvalue weighted by molar-refractivity contribution is 5.90. The number of ether oxygens (including phenoxy) is 2. The maximum absolute atomic E-state index is 13.5. The summed E-state index contributed by atoms with van der Waals surface area (Å²) < 4.78 is 24.9. The average Bonchev–Trinajstić information content (AvgIpc) is 3.05. The van der Waals surface area contributed by atoms with Gasteiger partial charge in [0.25, 0.3) is 0 Å². The van der Waals surface area contributed by atoms with E-state index in [1.54, 1.807) is 24.3 Å². The van der Waals surface area contributed by atoms with Crippen molar-refractivity contribution < 1.29 is 18.7 Å². The lowest BCUT2D eigenvalue weighted by molar-refractivity contribution is -0.0140. The molecule has 28 heavy (non-hydrogen) atoms. The first-order valence-corrected chi connectivity index (χ1v) is 9.42. The minimum Gasteiger partial charge on any atom is -0.458 e. The van der Waals surface area contributed by atoms with Crippen LogP contribution in [0.5, 0.6) is 0 Å². The third-order valence-electron chi connectivity index (χ3n) is 5.03. The molecule has 0 saturated carbocycles. The highest BCUT2D eigenvalue weighted by atomic mass is 19.1. The summed E-state index contributed by atoms with van der Waals surface area (Å²) in [6, 6.07) is 12.0. The Morgan fingerprint density at radius 1 is 1.29 bits per heavy atom. The fourth-order valence-electron chi connectivity index (χ4n) is 3.68. The van der Waals surface area contributed by atoms with Crippen LogP contribution in [0.25, 0.3) is 0 Å². The molecule has 0 bridgehead atoms. The lowest BCUT2D eigenvalue weighted by Gasteiger charge is -2.31. The number of carbonyl (C=O) groups is 1. The molecule has 5 heteroatoms. The van der Waals surface area contributed by atoms with Crippen LogP contribution in [0.1, 0.15) is 39.9 Å². The molecule has 1 aliphatic heterocycles. The molecular formula is C23H26FNO3. The molecule has 148 valence electrons. The van der Waals surface area contributed by atoms with E-state index < -0.39 is 5.60 Å². The second-order valence-electron chi connectivity index (χ2n) is 7.29. The van der Waals surface area contributed by atoms with E-state index in [0.717, 1.165) is 36.1 Å². The van der Waals surface area contributed by atoms with Crippen LogP contribution in [0.4, 0.5) is 4.39 Å². The van der Waals surface area contributed by atoms with Gasteiger partial charge in [0, 0.05) is 0 Å². The summed E-state index contributed by atoms with van der Waals surface area (Å²) in [5, 5.41) is 0. The average molecular weight is 383 g/mol. The van der Waals surface area contributed by atoms with Gasteiger partial charge in [-0.25, -0.2) is 9.18 Å². The molecule has 3 rings (SSSR count). The third kappa shape index (κ3) is 4.16. The smallest absolute Gasteiger partial charge is 0.338 e. The van der Waals surface area contributed by atoms with Crippen LogP contribution >= 0.6 is 0 Å². The van der Waals surface area contributed by atoms with Gasteiger partial charge in [-0.05, 0) is 74.4 Å². The van der Waals surface area contributed by atoms with Gasteiger partial charge in [-0.15, -0.1) is 0 Å². The summed E-state index contributed by atoms with van der Waals surface area (Å²) in [7, 11) is 4.07. The van der Waals surface area contributed by atoms with Crippen molar-refractivity contribution in [2.75, 3.05) is 27.2 Å². The van der Waals surface area contributed by atoms with Crippen molar-refractivity contribution in [2.45, 2.75) is 25.0 Å². The molecule has 0 radical (unpaired) electrons. The van der Waals surface area contributed by atoms with Crippen molar-refractivity contribution in [3.8, 4) is 0 Å². The lowest BCUT2D eigenvalue weighted by Crippen LogP contribution is -2.28. The Hall–Kier alpha value is -2.50. The molecule has 1 atom stereocenters. The van der Waals surface area contributed by atoms with E-state index in [9.17, 15) is 9.18 Å². The Balaban J connectivity index is 1.95. The Morgan fingerprint density at radius 3 is 2.71 bits per heavy atom. The minimum atomic E-state index is -0.636. The van der Waals surface area contributed by atoms with Crippen LogP contribution in [0.15, 0.2) is 55.1 Å². The van der Waals surface area contributed by atoms with Crippen LogP contribution in [-0.2, 0) is 21.7 Å². The van der Waals surface area contributed by atoms with Crippen molar-refractivity contribution in [1.82, 2.24) is 4.90 Å². The number of benzene rings is 2. The summed E-state index contributed by atoms with van der Waals surface area (Å²) in [6.07, 6.45) is 3.23. The monoisotopic (exact) mass is 383 g/mol. The number of halogens is 1. The highest BCUT2D eigenvalue weighted by Crippen LogP contribution is 2.45. The predicted octanol–water partition coefficient (Wildman–Crippen LogP) is 4.28. The molecule has 0 unspecified atom stereocenters. The van der Waals surface area contributed by atoms with Gasteiger partial charge < -0.3 is 14.4 Å². The summed E-state index contributed by atoms with van der Waals surface area (Å²) in [5.74, 6) is -0.652. The van der Waals surface area contributed by atoms with Crippen LogP contribution in [0, 0.1) is 5.82 Å². The first-order chi connectivity index (χ1) is 13.5. The largest absolute Gasteiger partial charge is 0.458 e.